The van der Waals surface area contributed by atoms with Gasteiger partial charge in [-0.25, -0.2) is 5.10 Å². The highest BCUT2D eigenvalue weighted by Gasteiger charge is 2.18. The van der Waals surface area contributed by atoms with E-state index in [1.807, 2.05) is 6.07 Å². The number of rotatable bonds is 7. The lowest BCUT2D eigenvalue weighted by Crippen LogP contribution is -2.31. The number of tetrazole rings is 1. The predicted octanol–water partition coefficient (Wildman–Crippen LogP) is 4.65. The van der Waals surface area contributed by atoms with Gasteiger partial charge in [-0.15, -0.1) is 5.10 Å². The number of nitrogens with one attached hydrogen (secondary N) is 1. The monoisotopic (exact) mass is 349 g/mol. The summed E-state index contributed by atoms with van der Waals surface area (Å²) in [4.78, 5) is 2.50. The number of anilines is 1. The van der Waals surface area contributed by atoms with E-state index in [9.17, 15) is 0 Å². The fraction of sp³-hybridized carbons (Fsp3) is 0.381. The quantitative estimate of drug-likeness (QED) is 0.674. The van der Waals surface area contributed by atoms with E-state index >= 15 is 0 Å². The first-order valence-electron chi connectivity index (χ1n) is 9.23. The zero-order valence-electron chi connectivity index (χ0n) is 16.0. The molecule has 3 aromatic rings. The zero-order chi connectivity index (χ0) is 18.5. The van der Waals surface area contributed by atoms with Crippen LogP contribution in [0.4, 0.5) is 5.69 Å². The van der Waals surface area contributed by atoms with Gasteiger partial charge in [0.1, 0.15) is 0 Å². The number of hydrogen-bond acceptors (Lipinski definition) is 4. The van der Waals surface area contributed by atoms with Crippen molar-refractivity contribution in [3.05, 3.63) is 48.5 Å². The molecule has 0 unspecified atom stereocenters. The third-order valence-corrected chi connectivity index (χ3v) is 4.23. The number of hydrogen-bond donors (Lipinski definition) is 1. The Balaban J connectivity index is 2.10. The molecule has 0 bridgehead atoms. The fourth-order valence-electron chi connectivity index (χ4n) is 3.33. The Hall–Kier alpha value is -2.69. The summed E-state index contributed by atoms with van der Waals surface area (Å²) in [6, 6.07) is 16.9. The molecule has 0 spiro atoms. The van der Waals surface area contributed by atoms with Crippen molar-refractivity contribution in [2.24, 2.45) is 11.8 Å². The Labute approximate surface area is 155 Å². The number of aromatic amines is 1. The fourth-order valence-corrected chi connectivity index (χ4v) is 3.33. The standard InChI is InChI=1S/C21H27N5/c1-15(2)13-26(14-16(3)4)20-12-8-7-10-18(20)17-9-5-6-11-19(17)21-22-24-25-23-21/h5-12,15-16H,13-14H2,1-4H3,(H,22,23,24,25). The number of nitrogens with zero attached hydrogens (tertiary/aromatic N) is 4. The molecule has 5 nitrogen and oxygen atoms in total. The highest BCUT2D eigenvalue weighted by molar-refractivity contribution is 5.87. The second-order valence-corrected chi connectivity index (χ2v) is 7.51. The maximum absolute atomic E-state index is 4.11. The minimum absolute atomic E-state index is 0.593. The number of H-pyrrole nitrogens is 1. The Morgan fingerprint density at radius 1 is 0.808 bits per heavy atom. The third-order valence-electron chi connectivity index (χ3n) is 4.23. The Kier molecular flexibility index (Phi) is 5.66. The summed E-state index contributed by atoms with van der Waals surface area (Å²) in [6.45, 7) is 11.1. The van der Waals surface area contributed by atoms with Gasteiger partial charge in [0.15, 0.2) is 5.82 Å². The van der Waals surface area contributed by atoms with Crippen LogP contribution in [0.15, 0.2) is 48.5 Å². The molecular formula is C21H27N5. The van der Waals surface area contributed by atoms with Crippen LogP contribution in [0.2, 0.25) is 0 Å². The molecule has 0 radical (unpaired) electrons. The van der Waals surface area contributed by atoms with E-state index in [4.69, 9.17) is 0 Å². The SMILES string of the molecule is CC(C)CN(CC(C)C)c1ccccc1-c1ccccc1-c1nnn[nH]1. The largest absolute Gasteiger partial charge is 0.371 e. The van der Waals surface area contributed by atoms with Crippen LogP contribution in [0, 0.1) is 11.8 Å². The third kappa shape index (κ3) is 4.10. The van der Waals surface area contributed by atoms with Crippen LogP contribution in [0.5, 0.6) is 0 Å². The number of para-hydroxylation sites is 1. The molecule has 2 aromatic carbocycles. The molecular weight excluding hydrogens is 322 g/mol. The molecule has 1 aromatic heterocycles. The van der Waals surface area contributed by atoms with Crippen LogP contribution in [0.1, 0.15) is 27.7 Å². The van der Waals surface area contributed by atoms with E-state index in [1.165, 1.54) is 11.3 Å². The molecule has 0 fully saturated rings. The minimum Gasteiger partial charge on any atom is -0.371 e. The maximum Gasteiger partial charge on any atom is 0.180 e. The first-order chi connectivity index (χ1) is 12.6. The average Bonchev–Trinajstić information content (AvgIpc) is 3.15. The number of aromatic nitrogens is 4. The smallest absolute Gasteiger partial charge is 0.180 e. The predicted molar refractivity (Wildman–Crippen MR) is 107 cm³/mol. The lowest BCUT2D eigenvalue weighted by Gasteiger charge is -2.30. The van der Waals surface area contributed by atoms with Crippen LogP contribution < -0.4 is 4.90 Å². The van der Waals surface area contributed by atoms with Crippen molar-refractivity contribution >= 4 is 5.69 Å². The second kappa shape index (κ2) is 8.13. The van der Waals surface area contributed by atoms with Gasteiger partial charge < -0.3 is 4.90 Å². The molecule has 1 heterocycles. The summed E-state index contributed by atoms with van der Waals surface area (Å²) in [6.07, 6.45) is 0. The van der Waals surface area contributed by atoms with Crippen LogP contribution >= 0.6 is 0 Å². The molecule has 0 aliphatic carbocycles. The van der Waals surface area contributed by atoms with Crippen LogP contribution in [-0.2, 0) is 0 Å². The van der Waals surface area contributed by atoms with Gasteiger partial charge in [0.25, 0.3) is 0 Å². The highest BCUT2D eigenvalue weighted by atomic mass is 15.5. The summed E-state index contributed by atoms with van der Waals surface area (Å²) in [5.74, 6) is 1.88. The zero-order valence-corrected chi connectivity index (χ0v) is 16.0. The van der Waals surface area contributed by atoms with E-state index in [-0.39, 0.29) is 0 Å². The van der Waals surface area contributed by atoms with Crippen LogP contribution in [0.3, 0.4) is 0 Å². The average molecular weight is 349 g/mol. The van der Waals surface area contributed by atoms with E-state index < -0.39 is 0 Å². The molecule has 1 N–H and O–H groups in total. The minimum atomic E-state index is 0.593. The van der Waals surface area contributed by atoms with Gasteiger partial charge in [0.2, 0.25) is 0 Å². The topological polar surface area (TPSA) is 57.7 Å². The molecule has 5 heteroatoms. The van der Waals surface area contributed by atoms with Crippen molar-refractivity contribution in [2.75, 3.05) is 18.0 Å². The molecule has 0 saturated carbocycles. The van der Waals surface area contributed by atoms with Gasteiger partial charge in [-0.2, -0.15) is 0 Å². The van der Waals surface area contributed by atoms with E-state index in [1.54, 1.807) is 0 Å². The van der Waals surface area contributed by atoms with Crippen LogP contribution in [-0.4, -0.2) is 33.7 Å². The Bertz CT molecular complexity index is 814. The van der Waals surface area contributed by atoms with E-state index in [2.05, 4.69) is 95.7 Å². The molecule has 0 amide bonds. The van der Waals surface area contributed by atoms with Crippen LogP contribution in [0.25, 0.3) is 22.5 Å². The maximum atomic E-state index is 4.11. The van der Waals surface area contributed by atoms with Gasteiger partial charge in [-0.1, -0.05) is 70.2 Å². The highest BCUT2D eigenvalue weighted by Crippen LogP contribution is 2.36. The van der Waals surface area contributed by atoms with Crippen molar-refractivity contribution in [1.29, 1.82) is 0 Å². The van der Waals surface area contributed by atoms with Crippen molar-refractivity contribution in [1.82, 2.24) is 20.6 Å². The molecule has 0 aliphatic heterocycles. The summed E-state index contributed by atoms with van der Waals surface area (Å²) < 4.78 is 0. The number of benzene rings is 2. The van der Waals surface area contributed by atoms with Gasteiger partial charge in [-0.05, 0) is 33.9 Å². The molecule has 3 rings (SSSR count). The van der Waals surface area contributed by atoms with Gasteiger partial charge in [0, 0.05) is 29.9 Å². The van der Waals surface area contributed by atoms with Crippen molar-refractivity contribution in [3.8, 4) is 22.5 Å². The van der Waals surface area contributed by atoms with Gasteiger partial charge >= 0.3 is 0 Å². The van der Waals surface area contributed by atoms with E-state index in [0.29, 0.717) is 17.7 Å². The first kappa shape index (κ1) is 18.1. The summed E-state index contributed by atoms with van der Waals surface area (Å²) in [5, 5.41) is 14.5. The normalized spacial score (nSPS) is 11.3. The summed E-state index contributed by atoms with van der Waals surface area (Å²) in [5.41, 5.74) is 4.62. The molecule has 0 atom stereocenters. The van der Waals surface area contributed by atoms with Gasteiger partial charge in [-0.3, -0.25) is 0 Å². The first-order valence-corrected chi connectivity index (χ1v) is 9.23. The second-order valence-electron chi connectivity index (χ2n) is 7.51. The molecule has 136 valence electrons. The Morgan fingerprint density at radius 2 is 1.38 bits per heavy atom. The van der Waals surface area contributed by atoms with Crippen molar-refractivity contribution in [3.63, 3.8) is 0 Å². The molecule has 26 heavy (non-hydrogen) atoms. The molecule has 0 saturated heterocycles. The summed E-state index contributed by atoms with van der Waals surface area (Å²) in [7, 11) is 0. The summed E-state index contributed by atoms with van der Waals surface area (Å²) >= 11 is 0. The van der Waals surface area contributed by atoms with Gasteiger partial charge in [0.05, 0.1) is 0 Å². The van der Waals surface area contributed by atoms with E-state index in [0.717, 1.165) is 24.2 Å². The lowest BCUT2D eigenvalue weighted by atomic mass is 9.96. The Morgan fingerprint density at radius 3 is 1.96 bits per heavy atom. The molecule has 0 aliphatic rings. The van der Waals surface area contributed by atoms with Crippen molar-refractivity contribution < 1.29 is 0 Å². The van der Waals surface area contributed by atoms with Crippen molar-refractivity contribution in [2.45, 2.75) is 27.7 Å². The lowest BCUT2D eigenvalue weighted by molar-refractivity contribution is 0.553.